The SMILES string of the molecule is Nc1nc2c(ncn2[C@@H]2S[C@@H]3C(O)[C@]3(F)[C@H]2OP(=O)(S)OC[C@H]2O[C@@H](n3cnc4c(N)ncnc43)[C@@H](F)[C@@H]2O)c(=O)[nH]1. The number of aromatic nitrogens is 8. The van der Waals surface area contributed by atoms with Gasteiger partial charge in [0.05, 0.1) is 24.5 Å². The van der Waals surface area contributed by atoms with Crippen LogP contribution in [0.5, 0.6) is 0 Å². The number of nitrogens with two attached hydrogens (primary N) is 2. The third-order valence-corrected chi connectivity index (χ3v) is 10.6. The number of fused-ring (bicyclic) bond motifs is 3. The number of nitrogens with zero attached hydrogens (tertiary/aromatic N) is 7. The molecule has 0 amide bonds. The molecule has 0 radical (unpaired) electrons. The molecule has 2 aliphatic heterocycles. The standard InChI is InChI=1S/C20H21F2N10O7PS2/c21-6-9(33)5(38-17(6)31-3-27-7-13(23)25-2-26-14(7)31)1-37-40(36,41)39-11-18(42-12-10(34)20(11,12)22)32-4-28-8-15(32)29-19(24)30-16(8)35/h2-6,9-12,17-18,33-34H,1H2,(H,36,41)(H2,23,25,26)(H3,24,29,30,35)/t5-,6+,9-,10?,11+,12-,17-,18-,20+,40?/m1/s1. The lowest BCUT2D eigenvalue weighted by Crippen LogP contribution is -2.35. The van der Waals surface area contributed by atoms with Gasteiger partial charge in [0.25, 0.3) is 5.56 Å². The molecule has 3 aliphatic rings. The molecule has 6 heterocycles. The van der Waals surface area contributed by atoms with Gasteiger partial charge < -0.3 is 26.4 Å². The van der Waals surface area contributed by atoms with Gasteiger partial charge in [0.1, 0.15) is 41.6 Å². The van der Waals surface area contributed by atoms with Crippen LogP contribution in [0.3, 0.4) is 0 Å². The minimum Gasteiger partial charge on any atom is -0.388 e. The number of nitrogen functional groups attached to an aromatic ring is 2. The number of alkyl halides is 2. The van der Waals surface area contributed by atoms with E-state index in [1.165, 1.54) is 21.8 Å². The van der Waals surface area contributed by atoms with Gasteiger partial charge in [0.15, 0.2) is 40.7 Å². The van der Waals surface area contributed by atoms with Crippen molar-refractivity contribution in [3.63, 3.8) is 0 Å². The lowest BCUT2D eigenvalue weighted by Gasteiger charge is -2.28. The number of anilines is 2. The summed E-state index contributed by atoms with van der Waals surface area (Å²) in [5, 5.41) is 18.7. The van der Waals surface area contributed by atoms with Crippen LogP contribution in [0.1, 0.15) is 11.6 Å². The molecule has 42 heavy (non-hydrogen) atoms. The Morgan fingerprint density at radius 2 is 1.93 bits per heavy atom. The Morgan fingerprint density at radius 1 is 1.19 bits per heavy atom. The van der Waals surface area contributed by atoms with Crippen molar-refractivity contribution >= 4 is 64.9 Å². The molecule has 1 saturated carbocycles. The summed E-state index contributed by atoms with van der Waals surface area (Å²) in [6.45, 7) is -5.12. The molecule has 10 atom stereocenters. The summed E-state index contributed by atoms with van der Waals surface area (Å²) in [4.78, 5) is 34.5. The number of aromatic amines is 1. The fourth-order valence-corrected chi connectivity index (χ4v) is 8.51. The lowest BCUT2D eigenvalue weighted by atomic mass is 10.1. The maximum absolute atomic E-state index is 15.8. The second-order valence-corrected chi connectivity index (χ2v) is 14.0. The van der Waals surface area contributed by atoms with Gasteiger partial charge in [-0.3, -0.25) is 28.0 Å². The van der Waals surface area contributed by atoms with Crippen LogP contribution in [0.4, 0.5) is 20.5 Å². The Labute approximate surface area is 241 Å². The monoisotopic (exact) mass is 646 g/mol. The van der Waals surface area contributed by atoms with Gasteiger partial charge in [-0.15, -0.1) is 11.8 Å². The van der Waals surface area contributed by atoms with Gasteiger partial charge in [-0.05, 0) is 0 Å². The Bertz CT molecular complexity index is 1830. The van der Waals surface area contributed by atoms with E-state index in [1.807, 2.05) is 0 Å². The molecule has 7 rings (SSSR count). The molecule has 22 heteroatoms. The van der Waals surface area contributed by atoms with E-state index in [-0.39, 0.29) is 34.1 Å². The summed E-state index contributed by atoms with van der Waals surface area (Å²) in [6.07, 6.45) is -5.90. The summed E-state index contributed by atoms with van der Waals surface area (Å²) >= 11 is 4.91. The summed E-state index contributed by atoms with van der Waals surface area (Å²) in [5.41, 5.74) is 8.76. The van der Waals surface area contributed by atoms with E-state index in [0.717, 1.165) is 18.1 Å². The van der Waals surface area contributed by atoms with Crippen LogP contribution >= 0.6 is 30.8 Å². The number of aliphatic hydroxyl groups excluding tert-OH is 2. The zero-order valence-corrected chi connectivity index (χ0v) is 23.4. The highest BCUT2D eigenvalue weighted by molar-refractivity contribution is 8.44. The van der Waals surface area contributed by atoms with Crippen molar-refractivity contribution < 1.29 is 37.3 Å². The molecular weight excluding hydrogens is 625 g/mol. The second-order valence-electron chi connectivity index (χ2n) is 9.87. The fraction of sp³-hybridized carbons (Fsp3) is 0.500. The van der Waals surface area contributed by atoms with Crippen molar-refractivity contribution in [1.29, 1.82) is 0 Å². The molecule has 7 N–H and O–H groups in total. The van der Waals surface area contributed by atoms with E-state index in [2.05, 4.69) is 42.2 Å². The topological polar surface area (TPSA) is 244 Å². The minimum absolute atomic E-state index is 0.0122. The number of imidazole rings is 2. The van der Waals surface area contributed by atoms with Crippen LogP contribution < -0.4 is 17.0 Å². The first-order chi connectivity index (χ1) is 19.9. The number of ether oxygens (including phenoxy) is 1. The first-order valence-electron chi connectivity index (χ1n) is 12.2. The Balaban J connectivity index is 1.09. The number of nitrogens with one attached hydrogen (secondary N) is 1. The first kappa shape index (κ1) is 27.9. The average Bonchev–Trinajstić information content (AvgIpc) is 3.47. The molecule has 4 aromatic rings. The lowest BCUT2D eigenvalue weighted by molar-refractivity contribution is -0.0454. The quantitative estimate of drug-likeness (QED) is 0.113. The van der Waals surface area contributed by atoms with Crippen LogP contribution in [-0.2, 0) is 18.3 Å². The van der Waals surface area contributed by atoms with Crippen molar-refractivity contribution in [2.75, 3.05) is 18.1 Å². The molecule has 224 valence electrons. The average molecular weight is 647 g/mol. The summed E-state index contributed by atoms with van der Waals surface area (Å²) in [5.74, 6) is -0.148. The van der Waals surface area contributed by atoms with E-state index in [1.54, 1.807) is 0 Å². The van der Waals surface area contributed by atoms with E-state index < -0.39 is 72.1 Å². The van der Waals surface area contributed by atoms with Crippen molar-refractivity contribution in [1.82, 2.24) is 39.0 Å². The molecular formula is C20H21F2N10O7PS2. The zero-order valence-electron chi connectivity index (χ0n) is 20.8. The van der Waals surface area contributed by atoms with Gasteiger partial charge in [0, 0.05) is 0 Å². The van der Waals surface area contributed by atoms with Crippen molar-refractivity contribution in [3.05, 3.63) is 29.3 Å². The smallest absolute Gasteiger partial charge is 0.386 e. The van der Waals surface area contributed by atoms with E-state index in [4.69, 9.17) is 25.3 Å². The van der Waals surface area contributed by atoms with Crippen molar-refractivity contribution in [2.45, 2.75) is 53.1 Å². The van der Waals surface area contributed by atoms with Crippen LogP contribution in [0, 0.1) is 0 Å². The minimum atomic E-state index is -4.45. The maximum Gasteiger partial charge on any atom is 0.386 e. The predicted molar refractivity (Wildman–Crippen MR) is 145 cm³/mol. The largest absolute Gasteiger partial charge is 0.388 e. The van der Waals surface area contributed by atoms with Crippen LogP contribution in [0.25, 0.3) is 22.3 Å². The van der Waals surface area contributed by atoms with Gasteiger partial charge in [-0.25, -0.2) is 33.3 Å². The van der Waals surface area contributed by atoms with Crippen molar-refractivity contribution in [3.8, 4) is 0 Å². The summed E-state index contributed by atoms with van der Waals surface area (Å²) in [7, 11) is 0. The number of rotatable bonds is 7. The molecule has 3 fully saturated rings. The molecule has 0 aromatic carbocycles. The molecule has 2 unspecified atom stereocenters. The molecule has 0 spiro atoms. The van der Waals surface area contributed by atoms with Gasteiger partial charge in [0.2, 0.25) is 5.95 Å². The van der Waals surface area contributed by atoms with Crippen LogP contribution in [0.2, 0.25) is 0 Å². The number of H-pyrrole nitrogens is 1. The molecule has 17 nitrogen and oxygen atoms in total. The highest BCUT2D eigenvalue weighted by Gasteiger charge is 2.79. The second kappa shape index (κ2) is 9.55. The predicted octanol–water partition coefficient (Wildman–Crippen LogP) is -0.143. The highest BCUT2D eigenvalue weighted by Crippen LogP contribution is 2.69. The summed E-state index contributed by atoms with van der Waals surface area (Å²) in [6, 6.07) is 0. The number of halogens is 2. The normalized spacial score (nSPS) is 35.5. The van der Waals surface area contributed by atoms with Crippen LogP contribution in [0.15, 0.2) is 23.8 Å². The number of hydrogen-bond acceptors (Lipinski definition) is 15. The fourth-order valence-electron chi connectivity index (χ4n) is 5.21. The number of aliphatic hydroxyl groups is 2. The molecule has 1 aliphatic carbocycles. The van der Waals surface area contributed by atoms with Gasteiger partial charge >= 0.3 is 6.80 Å². The van der Waals surface area contributed by atoms with Gasteiger partial charge in [-0.2, -0.15) is 4.98 Å². The molecule has 4 aromatic heterocycles. The third kappa shape index (κ3) is 4.13. The highest BCUT2D eigenvalue weighted by atomic mass is 32.7. The molecule has 0 bridgehead atoms. The van der Waals surface area contributed by atoms with Gasteiger partial charge in [-0.1, -0.05) is 12.2 Å². The Hall–Kier alpha value is -2.91. The summed E-state index contributed by atoms with van der Waals surface area (Å²) < 4.78 is 63.2. The van der Waals surface area contributed by atoms with E-state index >= 15 is 8.78 Å². The maximum atomic E-state index is 15.8. The Morgan fingerprint density at radius 3 is 2.71 bits per heavy atom. The zero-order chi connectivity index (χ0) is 29.7. The first-order valence-corrected chi connectivity index (χ1v) is 15.9. The Kier molecular flexibility index (Phi) is 6.34. The van der Waals surface area contributed by atoms with E-state index in [9.17, 15) is 19.6 Å². The molecule has 2 saturated heterocycles. The number of thiol groups is 1. The van der Waals surface area contributed by atoms with Crippen LogP contribution in [-0.4, -0.2) is 97.4 Å². The third-order valence-electron chi connectivity index (χ3n) is 7.38. The van der Waals surface area contributed by atoms with Crippen molar-refractivity contribution in [2.24, 2.45) is 0 Å². The number of hydrogen-bond donors (Lipinski definition) is 6. The number of thioether (sulfide) groups is 1. The van der Waals surface area contributed by atoms with E-state index in [0.29, 0.717) is 0 Å².